The van der Waals surface area contributed by atoms with E-state index in [0.29, 0.717) is 0 Å². The molecule has 0 bridgehead atoms. The van der Waals surface area contributed by atoms with E-state index in [1.54, 1.807) is 6.20 Å². The summed E-state index contributed by atoms with van der Waals surface area (Å²) >= 11 is 1.29. The lowest BCUT2D eigenvalue weighted by molar-refractivity contribution is -0.133. The Hall–Kier alpha value is -1.75. The molecule has 1 N–H and O–H groups in total. The highest BCUT2D eigenvalue weighted by Crippen LogP contribution is 2.29. The van der Waals surface area contributed by atoms with Crippen LogP contribution in [0.2, 0.25) is 0 Å². The van der Waals surface area contributed by atoms with Crippen LogP contribution in [0.5, 0.6) is 5.75 Å². The molecule has 0 fully saturated rings. The minimum atomic E-state index is -0.829. The van der Waals surface area contributed by atoms with Crippen molar-refractivity contribution in [3.8, 4) is 5.75 Å². The van der Waals surface area contributed by atoms with Crippen LogP contribution < -0.4 is 4.74 Å². The predicted molar refractivity (Wildman–Crippen MR) is 75.9 cm³/mol. The van der Waals surface area contributed by atoms with Gasteiger partial charge in [-0.05, 0) is 38.1 Å². The number of carboxylic acid groups (broad SMARTS) is 1. The minimum absolute atomic E-state index is 0.0361. The van der Waals surface area contributed by atoms with E-state index < -0.39 is 5.97 Å². The zero-order valence-corrected chi connectivity index (χ0v) is 11.6. The molecule has 2 aromatic rings. The summed E-state index contributed by atoms with van der Waals surface area (Å²) in [4.78, 5) is 15.8. The summed E-state index contributed by atoms with van der Waals surface area (Å²) in [6.45, 7) is 3.93. The zero-order chi connectivity index (χ0) is 13.8. The second-order valence-electron chi connectivity index (χ2n) is 4.34. The normalized spacial score (nSPS) is 10.9. The van der Waals surface area contributed by atoms with Crippen molar-refractivity contribution in [1.29, 1.82) is 0 Å². The Labute approximate surface area is 115 Å². The molecular weight excluding hydrogens is 262 g/mol. The van der Waals surface area contributed by atoms with Crippen molar-refractivity contribution < 1.29 is 14.6 Å². The molecule has 0 spiro atoms. The van der Waals surface area contributed by atoms with Crippen LogP contribution >= 0.6 is 11.8 Å². The molecule has 100 valence electrons. The van der Waals surface area contributed by atoms with Crippen LogP contribution in [0.3, 0.4) is 0 Å². The lowest BCUT2D eigenvalue weighted by Crippen LogP contribution is -2.05. The smallest absolute Gasteiger partial charge is 0.313 e. The largest absolute Gasteiger partial charge is 0.491 e. The van der Waals surface area contributed by atoms with Gasteiger partial charge in [-0.15, -0.1) is 11.8 Å². The van der Waals surface area contributed by atoms with Gasteiger partial charge in [-0.2, -0.15) is 0 Å². The van der Waals surface area contributed by atoms with Crippen LogP contribution in [0.1, 0.15) is 13.8 Å². The van der Waals surface area contributed by atoms with E-state index in [0.717, 1.165) is 21.5 Å². The summed E-state index contributed by atoms with van der Waals surface area (Å²) in [6.07, 6.45) is 1.79. The van der Waals surface area contributed by atoms with E-state index in [4.69, 9.17) is 9.84 Å². The zero-order valence-electron chi connectivity index (χ0n) is 10.8. The first-order valence-electron chi connectivity index (χ1n) is 5.96. The van der Waals surface area contributed by atoms with Gasteiger partial charge in [0.2, 0.25) is 0 Å². The van der Waals surface area contributed by atoms with E-state index in [2.05, 4.69) is 4.98 Å². The van der Waals surface area contributed by atoms with E-state index in [9.17, 15) is 4.79 Å². The van der Waals surface area contributed by atoms with Gasteiger partial charge < -0.3 is 9.84 Å². The molecule has 0 aliphatic rings. The standard InChI is InChI=1S/C14H15NO3S/c1-9(2)18-10-3-4-12-11(7-10)13(5-6-15-12)19-8-14(16)17/h3-7,9H,8H2,1-2H3,(H,16,17). The number of ether oxygens (including phenoxy) is 1. The molecule has 1 aromatic carbocycles. The number of fused-ring (bicyclic) bond motifs is 1. The first-order valence-corrected chi connectivity index (χ1v) is 6.95. The lowest BCUT2D eigenvalue weighted by atomic mass is 10.2. The SMILES string of the molecule is CC(C)Oc1ccc2nccc(SCC(=O)O)c2c1. The maximum atomic E-state index is 10.7. The summed E-state index contributed by atoms with van der Waals surface area (Å²) in [6, 6.07) is 7.50. The Morgan fingerprint density at radius 2 is 2.21 bits per heavy atom. The number of hydrogen-bond acceptors (Lipinski definition) is 4. The molecule has 0 aliphatic carbocycles. The fourth-order valence-electron chi connectivity index (χ4n) is 1.71. The van der Waals surface area contributed by atoms with Crippen LogP contribution in [-0.4, -0.2) is 27.9 Å². The molecule has 0 aliphatic heterocycles. The molecule has 0 saturated carbocycles. The number of carbonyl (C=O) groups is 1. The first-order chi connectivity index (χ1) is 9.06. The van der Waals surface area contributed by atoms with Gasteiger partial charge in [0.15, 0.2) is 0 Å². The quantitative estimate of drug-likeness (QED) is 0.850. The van der Waals surface area contributed by atoms with Crippen LogP contribution in [0, 0.1) is 0 Å². The molecule has 4 nitrogen and oxygen atoms in total. The van der Waals surface area contributed by atoms with Gasteiger partial charge >= 0.3 is 5.97 Å². The summed E-state index contributed by atoms with van der Waals surface area (Å²) < 4.78 is 5.65. The number of hydrogen-bond donors (Lipinski definition) is 1. The molecule has 2 rings (SSSR count). The number of aromatic nitrogens is 1. The van der Waals surface area contributed by atoms with Gasteiger partial charge in [-0.1, -0.05) is 0 Å². The predicted octanol–water partition coefficient (Wildman–Crippen LogP) is 3.20. The average Bonchev–Trinajstić information content (AvgIpc) is 2.35. The molecule has 0 atom stereocenters. The van der Waals surface area contributed by atoms with E-state index in [-0.39, 0.29) is 11.9 Å². The van der Waals surface area contributed by atoms with Crippen molar-refractivity contribution >= 4 is 28.6 Å². The number of benzene rings is 1. The number of pyridine rings is 1. The molecule has 1 heterocycles. The maximum absolute atomic E-state index is 10.7. The van der Waals surface area contributed by atoms with Gasteiger partial charge in [0.05, 0.1) is 17.4 Å². The highest BCUT2D eigenvalue weighted by molar-refractivity contribution is 8.00. The third-order valence-corrected chi connectivity index (χ3v) is 3.45. The molecule has 0 saturated heterocycles. The highest BCUT2D eigenvalue weighted by atomic mass is 32.2. The Balaban J connectivity index is 2.37. The second kappa shape index (κ2) is 5.93. The van der Waals surface area contributed by atoms with Crippen molar-refractivity contribution in [3.63, 3.8) is 0 Å². The van der Waals surface area contributed by atoms with Crippen molar-refractivity contribution in [2.45, 2.75) is 24.8 Å². The summed E-state index contributed by atoms with van der Waals surface area (Å²) in [5.74, 6) is -0.0220. The van der Waals surface area contributed by atoms with Crippen LogP contribution in [0.4, 0.5) is 0 Å². The molecule has 0 amide bonds. The van der Waals surface area contributed by atoms with Gasteiger partial charge in [0.1, 0.15) is 5.75 Å². The van der Waals surface area contributed by atoms with Crippen molar-refractivity contribution in [2.75, 3.05) is 5.75 Å². The van der Waals surface area contributed by atoms with E-state index in [1.165, 1.54) is 11.8 Å². The molecule has 19 heavy (non-hydrogen) atoms. The molecular formula is C14H15NO3S. The number of nitrogens with zero attached hydrogens (tertiary/aromatic N) is 1. The first kappa shape index (κ1) is 13.7. The second-order valence-corrected chi connectivity index (χ2v) is 5.35. The van der Waals surface area contributed by atoms with Crippen molar-refractivity contribution in [1.82, 2.24) is 4.98 Å². The fraction of sp³-hybridized carbons (Fsp3) is 0.286. The fourth-order valence-corrected chi connectivity index (χ4v) is 2.47. The lowest BCUT2D eigenvalue weighted by Gasteiger charge is -2.11. The monoisotopic (exact) mass is 277 g/mol. The highest BCUT2D eigenvalue weighted by Gasteiger charge is 2.07. The van der Waals surface area contributed by atoms with Crippen molar-refractivity contribution in [3.05, 3.63) is 30.5 Å². The molecule has 0 radical (unpaired) electrons. The van der Waals surface area contributed by atoms with Crippen LogP contribution in [0.15, 0.2) is 35.4 Å². The van der Waals surface area contributed by atoms with Crippen molar-refractivity contribution in [2.24, 2.45) is 0 Å². The molecule has 5 heteroatoms. The minimum Gasteiger partial charge on any atom is -0.491 e. The van der Waals surface area contributed by atoms with Crippen LogP contribution in [0.25, 0.3) is 10.9 Å². The summed E-state index contributed by atoms with van der Waals surface area (Å²) in [7, 11) is 0. The Kier molecular flexibility index (Phi) is 4.27. The average molecular weight is 277 g/mol. The number of carboxylic acids is 1. The van der Waals surface area contributed by atoms with E-state index in [1.807, 2.05) is 38.1 Å². The Morgan fingerprint density at radius 1 is 1.42 bits per heavy atom. The Morgan fingerprint density at radius 3 is 2.89 bits per heavy atom. The number of rotatable bonds is 5. The van der Waals surface area contributed by atoms with Gasteiger partial charge in [-0.3, -0.25) is 9.78 Å². The third-order valence-electron chi connectivity index (χ3n) is 2.40. The number of aliphatic carboxylic acids is 1. The number of thioether (sulfide) groups is 1. The molecule has 1 aromatic heterocycles. The van der Waals surface area contributed by atoms with Crippen LogP contribution in [-0.2, 0) is 4.79 Å². The third kappa shape index (κ3) is 3.61. The van der Waals surface area contributed by atoms with Gasteiger partial charge in [0, 0.05) is 16.5 Å². The topological polar surface area (TPSA) is 59.4 Å². The Bertz CT molecular complexity index is 598. The molecule has 0 unspecified atom stereocenters. The summed E-state index contributed by atoms with van der Waals surface area (Å²) in [5, 5.41) is 9.68. The van der Waals surface area contributed by atoms with Gasteiger partial charge in [-0.25, -0.2) is 0 Å². The maximum Gasteiger partial charge on any atom is 0.313 e. The van der Waals surface area contributed by atoms with E-state index >= 15 is 0 Å². The summed E-state index contributed by atoms with van der Waals surface area (Å²) in [5.41, 5.74) is 0.839. The van der Waals surface area contributed by atoms with Gasteiger partial charge in [0.25, 0.3) is 0 Å².